The molecule has 1 aromatic rings. The van der Waals surface area contributed by atoms with Gasteiger partial charge in [-0.3, -0.25) is 0 Å². The predicted octanol–water partition coefficient (Wildman–Crippen LogP) is 1.94. The normalized spacial score (nSPS) is 30.7. The highest BCUT2D eigenvalue weighted by molar-refractivity contribution is 7.09. The van der Waals surface area contributed by atoms with Gasteiger partial charge in [-0.05, 0) is 32.7 Å². The number of methoxy groups -OCH3 is 1. The highest BCUT2D eigenvalue weighted by Crippen LogP contribution is 2.41. The minimum atomic E-state index is 0.558. The van der Waals surface area contributed by atoms with Crippen LogP contribution in [0.4, 0.5) is 5.13 Å². The van der Waals surface area contributed by atoms with E-state index >= 15 is 0 Å². The van der Waals surface area contributed by atoms with Crippen LogP contribution in [-0.4, -0.2) is 53.7 Å². The van der Waals surface area contributed by atoms with Crippen LogP contribution in [0, 0.1) is 0 Å². The highest BCUT2D eigenvalue weighted by atomic mass is 32.1. The van der Waals surface area contributed by atoms with Gasteiger partial charge in [-0.25, -0.2) is 4.98 Å². The monoisotopic (exact) mass is 282 g/mol. The Hall–Kier alpha value is -0.720. The summed E-state index contributed by atoms with van der Waals surface area (Å²) < 4.78 is 9.57. The lowest BCUT2D eigenvalue weighted by atomic mass is 9.90. The summed E-state index contributed by atoms with van der Waals surface area (Å²) in [5.41, 5.74) is 0. The molecule has 0 radical (unpaired) electrons. The minimum absolute atomic E-state index is 0.558. The number of hydrogen-bond acceptors (Lipinski definition) is 6. The lowest BCUT2D eigenvalue weighted by Crippen LogP contribution is -2.39. The molecular formula is C13H22N4OS. The maximum absolute atomic E-state index is 5.02. The van der Waals surface area contributed by atoms with Crippen molar-refractivity contribution in [2.24, 2.45) is 0 Å². The Kier molecular flexibility index (Phi) is 4.00. The van der Waals surface area contributed by atoms with Crippen LogP contribution >= 0.6 is 11.5 Å². The number of nitrogens with zero attached hydrogens (tertiary/aromatic N) is 3. The molecule has 2 atom stereocenters. The molecule has 6 heteroatoms. The van der Waals surface area contributed by atoms with E-state index in [9.17, 15) is 0 Å². The molecule has 19 heavy (non-hydrogen) atoms. The molecule has 2 unspecified atom stereocenters. The molecular weight excluding hydrogens is 260 g/mol. The lowest BCUT2D eigenvalue weighted by molar-refractivity contribution is 0.159. The molecule has 106 valence electrons. The quantitative estimate of drug-likeness (QED) is 0.836. The maximum Gasteiger partial charge on any atom is 0.202 e. The fourth-order valence-electron chi connectivity index (χ4n) is 3.35. The Morgan fingerprint density at radius 2 is 2.11 bits per heavy atom. The van der Waals surface area contributed by atoms with Crippen LogP contribution in [0.5, 0.6) is 0 Å². The van der Waals surface area contributed by atoms with E-state index in [1.807, 2.05) is 0 Å². The molecule has 0 spiro atoms. The number of nitrogens with one attached hydrogen (secondary N) is 1. The summed E-state index contributed by atoms with van der Waals surface area (Å²) in [6.45, 7) is 1.50. The first-order valence-corrected chi connectivity index (χ1v) is 7.83. The third-order valence-electron chi connectivity index (χ3n) is 4.49. The van der Waals surface area contributed by atoms with Gasteiger partial charge in [0, 0.05) is 43.2 Å². The largest absolute Gasteiger partial charge is 0.383 e. The van der Waals surface area contributed by atoms with E-state index in [0.717, 1.165) is 29.6 Å². The Morgan fingerprint density at radius 3 is 2.79 bits per heavy atom. The van der Waals surface area contributed by atoms with Crippen LogP contribution in [0.2, 0.25) is 0 Å². The van der Waals surface area contributed by atoms with Crippen molar-refractivity contribution in [3.8, 4) is 0 Å². The van der Waals surface area contributed by atoms with E-state index in [4.69, 9.17) is 4.74 Å². The molecule has 1 aromatic heterocycles. The second-order valence-electron chi connectivity index (χ2n) is 5.60. The predicted molar refractivity (Wildman–Crippen MR) is 76.8 cm³/mol. The van der Waals surface area contributed by atoms with Gasteiger partial charge in [0.25, 0.3) is 0 Å². The Balaban J connectivity index is 1.60. The van der Waals surface area contributed by atoms with Crippen LogP contribution in [-0.2, 0) is 4.74 Å². The second kappa shape index (κ2) is 5.73. The zero-order chi connectivity index (χ0) is 13.2. The Morgan fingerprint density at radius 1 is 1.37 bits per heavy atom. The van der Waals surface area contributed by atoms with Crippen LogP contribution in [0.1, 0.15) is 37.4 Å². The molecule has 0 amide bonds. The van der Waals surface area contributed by atoms with Gasteiger partial charge in [-0.1, -0.05) is 0 Å². The van der Waals surface area contributed by atoms with E-state index in [1.54, 1.807) is 7.11 Å². The number of ether oxygens (including phenoxy) is 1. The summed E-state index contributed by atoms with van der Waals surface area (Å²) in [5, 5.41) is 4.19. The van der Waals surface area contributed by atoms with Gasteiger partial charge in [0.1, 0.15) is 5.82 Å². The SMILES string of the molecule is COCCNc1nc(C2CC3CCC(C2)N3C)ns1. The lowest BCUT2D eigenvalue weighted by Gasteiger charge is -2.35. The van der Waals surface area contributed by atoms with E-state index in [1.165, 1.54) is 37.2 Å². The van der Waals surface area contributed by atoms with Gasteiger partial charge in [-0.2, -0.15) is 4.37 Å². The van der Waals surface area contributed by atoms with Gasteiger partial charge in [0.15, 0.2) is 0 Å². The number of piperidine rings is 1. The van der Waals surface area contributed by atoms with Crippen molar-refractivity contribution < 1.29 is 4.74 Å². The van der Waals surface area contributed by atoms with Crippen LogP contribution in [0.25, 0.3) is 0 Å². The number of aromatic nitrogens is 2. The van der Waals surface area contributed by atoms with Gasteiger partial charge < -0.3 is 15.0 Å². The molecule has 0 aliphatic carbocycles. The average molecular weight is 282 g/mol. The minimum Gasteiger partial charge on any atom is -0.383 e. The second-order valence-corrected chi connectivity index (χ2v) is 6.35. The Labute approximate surface area is 118 Å². The van der Waals surface area contributed by atoms with Crippen molar-refractivity contribution in [2.75, 3.05) is 32.6 Å². The smallest absolute Gasteiger partial charge is 0.202 e. The molecule has 5 nitrogen and oxygen atoms in total. The van der Waals surface area contributed by atoms with Crippen molar-refractivity contribution in [2.45, 2.75) is 43.7 Å². The number of rotatable bonds is 5. The van der Waals surface area contributed by atoms with E-state index in [0.29, 0.717) is 12.5 Å². The molecule has 3 heterocycles. The third-order valence-corrected chi connectivity index (χ3v) is 5.17. The van der Waals surface area contributed by atoms with Crippen LogP contribution < -0.4 is 5.32 Å². The van der Waals surface area contributed by atoms with Crippen LogP contribution in [0.15, 0.2) is 0 Å². The first-order chi connectivity index (χ1) is 9.28. The average Bonchev–Trinajstić information content (AvgIpc) is 2.93. The molecule has 0 saturated carbocycles. The van der Waals surface area contributed by atoms with E-state index in [2.05, 4.69) is 26.6 Å². The summed E-state index contributed by atoms with van der Waals surface area (Å²) >= 11 is 1.48. The van der Waals surface area contributed by atoms with Crippen LogP contribution in [0.3, 0.4) is 0 Å². The molecule has 1 N–H and O–H groups in total. The third kappa shape index (κ3) is 2.75. The molecule has 3 rings (SSSR count). The summed E-state index contributed by atoms with van der Waals surface area (Å²) in [4.78, 5) is 7.21. The molecule has 2 aliphatic rings. The van der Waals surface area contributed by atoms with Crippen molar-refractivity contribution >= 4 is 16.7 Å². The topological polar surface area (TPSA) is 50.3 Å². The van der Waals surface area contributed by atoms with Gasteiger partial charge >= 0.3 is 0 Å². The molecule has 0 aromatic carbocycles. The summed E-state index contributed by atoms with van der Waals surface area (Å²) in [5.74, 6) is 1.61. The number of anilines is 1. The van der Waals surface area contributed by atoms with Crippen molar-refractivity contribution in [1.29, 1.82) is 0 Å². The summed E-state index contributed by atoms with van der Waals surface area (Å²) in [6, 6.07) is 1.49. The van der Waals surface area contributed by atoms with Crippen molar-refractivity contribution in [3.63, 3.8) is 0 Å². The standard InChI is InChI=1S/C13H22N4OS/c1-17-10-3-4-11(17)8-9(7-10)12-15-13(19-16-12)14-5-6-18-2/h9-11H,3-8H2,1-2H3,(H,14,15,16). The molecule has 2 aliphatic heterocycles. The molecule has 2 bridgehead atoms. The fraction of sp³-hybridized carbons (Fsp3) is 0.846. The molecule has 2 fully saturated rings. The summed E-state index contributed by atoms with van der Waals surface area (Å²) in [6.07, 6.45) is 5.14. The molecule has 2 saturated heterocycles. The van der Waals surface area contributed by atoms with Gasteiger partial charge in [-0.15, -0.1) is 0 Å². The van der Waals surface area contributed by atoms with Crippen molar-refractivity contribution in [3.05, 3.63) is 5.82 Å². The zero-order valence-electron chi connectivity index (χ0n) is 11.6. The Bertz CT molecular complexity index is 411. The number of fused-ring (bicyclic) bond motifs is 2. The van der Waals surface area contributed by atoms with Gasteiger partial charge in [0.2, 0.25) is 5.13 Å². The van der Waals surface area contributed by atoms with E-state index < -0.39 is 0 Å². The van der Waals surface area contributed by atoms with Crippen molar-refractivity contribution in [1.82, 2.24) is 14.3 Å². The maximum atomic E-state index is 5.02. The summed E-state index contributed by atoms with van der Waals surface area (Å²) in [7, 11) is 3.98. The van der Waals surface area contributed by atoms with Gasteiger partial charge in [0.05, 0.1) is 6.61 Å². The zero-order valence-corrected chi connectivity index (χ0v) is 12.4. The highest BCUT2D eigenvalue weighted by Gasteiger charge is 2.40. The van der Waals surface area contributed by atoms with E-state index in [-0.39, 0.29) is 0 Å². The first kappa shape index (κ1) is 13.3. The number of hydrogen-bond donors (Lipinski definition) is 1. The fourth-order valence-corrected chi connectivity index (χ4v) is 4.03. The first-order valence-electron chi connectivity index (χ1n) is 7.06.